The Morgan fingerprint density at radius 2 is 2.12 bits per heavy atom. The Morgan fingerprint density at radius 3 is 2.94 bits per heavy atom. The Bertz CT molecular complexity index is 376. The number of nitrogens with zero attached hydrogens (tertiary/aromatic N) is 1. The third-order valence-electron chi connectivity index (χ3n) is 3.03. The fourth-order valence-corrected chi connectivity index (χ4v) is 2.11. The van der Waals surface area contributed by atoms with E-state index in [-0.39, 0.29) is 5.91 Å². The highest BCUT2D eigenvalue weighted by molar-refractivity contribution is 5.93. The van der Waals surface area contributed by atoms with Crippen LogP contribution < -0.4 is 10.6 Å². The van der Waals surface area contributed by atoms with Crippen LogP contribution in [0.1, 0.15) is 31.2 Å². The predicted molar refractivity (Wildman–Crippen MR) is 65.2 cm³/mol. The molecule has 1 amide bonds. The second-order valence-corrected chi connectivity index (χ2v) is 4.23. The first kappa shape index (κ1) is 11.1. The maximum atomic E-state index is 11.9. The quantitative estimate of drug-likeness (QED) is 0.825. The molecule has 1 fully saturated rings. The first-order valence-corrected chi connectivity index (χ1v) is 5.90. The molecular formula is C13H18N2O. The molecule has 0 unspecified atom stereocenters. The summed E-state index contributed by atoms with van der Waals surface area (Å²) in [6.07, 6.45) is 3.94. The lowest BCUT2D eigenvalue weighted by Crippen LogP contribution is -2.30. The maximum Gasteiger partial charge on any atom is 0.226 e. The van der Waals surface area contributed by atoms with Gasteiger partial charge in [0.15, 0.2) is 0 Å². The van der Waals surface area contributed by atoms with Crippen molar-refractivity contribution >= 4 is 11.6 Å². The molecule has 1 aliphatic heterocycles. The van der Waals surface area contributed by atoms with Crippen LogP contribution in [0.3, 0.4) is 0 Å². The molecule has 2 rings (SSSR count). The molecule has 0 spiro atoms. The number of carbonyl (C=O) groups excluding carboxylic acids is 1. The van der Waals surface area contributed by atoms with E-state index in [1.54, 1.807) is 0 Å². The van der Waals surface area contributed by atoms with E-state index < -0.39 is 0 Å². The zero-order chi connectivity index (χ0) is 11.4. The van der Waals surface area contributed by atoms with Crippen molar-refractivity contribution in [1.82, 2.24) is 0 Å². The summed E-state index contributed by atoms with van der Waals surface area (Å²) in [6.45, 7) is 1.36. The lowest BCUT2D eigenvalue weighted by atomic mass is 10.2. The topological polar surface area (TPSA) is 46.3 Å². The Balaban J connectivity index is 2.23. The molecule has 1 aromatic rings. The van der Waals surface area contributed by atoms with Crippen molar-refractivity contribution < 1.29 is 4.79 Å². The minimum absolute atomic E-state index is 0.242. The number of anilines is 1. The molecule has 2 N–H and O–H groups in total. The smallest absolute Gasteiger partial charge is 0.226 e. The standard InChI is InChI=1S/C13H18N2O/c14-10-11-5-4-6-12(9-11)15-8-3-1-2-7-13(15)16/h4-6,9H,1-3,7-8,10,14H2. The molecule has 3 nitrogen and oxygen atoms in total. The van der Waals surface area contributed by atoms with E-state index in [1.807, 2.05) is 29.2 Å². The Labute approximate surface area is 96.2 Å². The number of amides is 1. The SMILES string of the molecule is NCc1cccc(N2CCCCCC2=O)c1. The van der Waals surface area contributed by atoms with Crippen LogP contribution in [-0.2, 0) is 11.3 Å². The summed E-state index contributed by atoms with van der Waals surface area (Å²) < 4.78 is 0. The summed E-state index contributed by atoms with van der Waals surface area (Å²) in [5.74, 6) is 0.242. The van der Waals surface area contributed by atoms with Gasteiger partial charge in [-0.2, -0.15) is 0 Å². The molecule has 0 aromatic heterocycles. The summed E-state index contributed by atoms with van der Waals surface area (Å²) in [7, 11) is 0. The highest BCUT2D eigenvalue weighted by atomic mass is 16.2. The van der Waals surface area contributed by atoms with Crippen LogP contribution >= 0.6 is 0 Å². The highest BCUT2D eigenvalue weighted by Gasteiger charge is 2.17. The molecule has 0 atom stereocenters. The Kier molecular flexibility index (Phi) is 3.57. The van der Waals surface area contributed by atoms with E-state index in [9.17, 15) is 4.79 Å². The summed E-state index contributed by atoms with van der Waals surface area (Å²) in [5.41, 5.74) is 7.68. The molecule has 1 aromatic carbocycles. The number of benzene rings is 1. The van der Waals surface area contributed by atoms with E-state index in [1.165, 1.54) is 0 Å². The average molecular weight is 218 g/mol. The van der Waals surface area contributed by atoms with Crippen molar-refractivity contribution in [3.8, 4) is 0 Å². The van der Waals surface area contributed by atoms with Crippen LogP contribution in [0.5, 0.6) is 0 Å². The van der Waals surface area contributed by atoms with Crippen molar-refractivity contribution in [2.45, 2.75) is 32.2 Å². The molecule has 0 aliphatic carbocycles. The molecule has 1 saturated heterocycles. The van der Waals surface area contributed by atoms with E-state index in [0.29, 0.717) is 13.0 Å². The van der Waals surface area contributed by atoms with Crippen LogP contribution in [0.25, 0.3) is 0 Å². The van der Waals surface area contributed by atoms with Gasteiger partial charge in [0.05, 0.1) is 0 Å². The number of rotatable bonds is 2. The average Bonchev–Trinajstić information content (AvgIpc) is 2.54. The second-order valence-electron chi connectivity index (χ2n) is 4.23. The van der Waals surface area contributed by atoms with Gasteiger partial charge in [-0.15, -0.1) is 0 Å². The third kappa shape index (κ3) is 2.42. The molecule has 0 saturated carbocycles. The van der Waals surface area contributed by atoms with Gasteiger partial charge in [0, 0.05) is 25.2 Å². The molecule has 1 heterocycles. The van der Waals surface area contributed by atoms with Gasteiger partial charge in [0.2, 0.25) is 5.91 Å². The van der Waals surface area contributed by atoms with Crippen LogP contribution in [0.15, 0.2) is 24.3 Å². The third-order valence-corrected chi connectivity index (χ3v) is 3.03. The van der Waals surface area contributed by atoms with Crippen molar-refractivity contribution in [3.05, 3.63) is 29.8 Å². The molecule has 86 valence electrons. The molecule has 16 heavy (non-hydrogen) atoms. The lowest BCUT2D eigenvalue weighted by Gasteiger charge is -2.21. The van der Waals surface area contributed by atoms with E-state index in [4.69, 9.17) is 5.73 Å². The predicted octanol–water partition coefficient (Wildman–Crippen LogP) is 2.05. The first-order valence-electron chi connectivity index (χ1n) is 5.90. The van der Waals surface area contributed by atoms with Gasteiger partial charge in [0.25, 0.3) is 0 Å². The van der Waals surface area contributed by atoms with Gasteiger partial charge in [-0.1, -0.05) is 18.6 Å². The number of hydrogen-bond acceptors (Lipinski definition) is 2. The van der Waals surface area contributed by atoms with E-state index in [2.05, 4.69) is 0 Å². The Morgan fingerprint density at radius 1 is 1.25 bits per heavy atom. The lowest BCUT2D eigenvalue weighted by molar-refractivity contribution is -0.118. The van der Waals surface area contributed by atoms with Crippen LogP contribution in [-0.4, -0.2) is 12.5 Å². The Hall–Kier alpha value is -1.35. The molecule has 0 radical (unpaired) electrons. The zero-order valence-corrected chi connectivity index (χ0v) is 9.48. The summed E-state index contributed by atoms with van der Waals surface area (Å²) >= 11 is 0. The number of nitrogens with two attached hydrogens (primary N) is 1. The molecule has 0 bridgehead atoms. The van der Waals surface area contributed by atoms with Crippen molar-refractivity contribution in [3.63, 3.8) is 0 Å². The molecule has 3 heteroatoms. The number of carbonyl (C=O) groups is 1. The summed E-state index contributed by atoms with van der Waals surface area (Å²) in [5, 5.41) is 0. The first-order chi connectivity index (χ1) is 7.81. The summed E-state index contributed by atoms with van der Waals surface area (Å²) in [6, 6.07) is 7.97. The summed E-state index contributed by atoms with van der Waals surface area (Å²) in [4.78, 5) is 13.8. The van der Waals surface area contributed by atoms with Gasteiger partial charge in [-0.3, -0.25) is 4.79 Å². The van der Waals surface area contributed by atoms with Crippen LogP contribution in [0.2, 0.25) is 0 Å². The van der Waals surface area contributed by atoms with Crippen molar-refractivity contribution in [2.24, 2.45) is 5.73 Å². The monoisotopic (exact) mass is 218 g/mol. The van der Waals surface area contributed by atoms with Gasteiger partial charge >= 0.3 is 0 Å². The minimum atomic E-state index is 0.242. The highest BCUT2D eigenvalue weighted by Crippen LogP contribution is 2.21. The zero-order valence-electron chi connectivity index (χ0n) is 9.48. The largest absolute Gasteiger partial charge is 0.326 e. The van der Waals surface area contributed by atoms with Crippen LogP contribution in [0.4, 0.5) is 5.69 Å². The van der Waals surface area contributed by atoms with Gasteiger partial charge in [-0.05, 0) is 30.5 Å². The van der Waals surface area contributed by atoms with E-state index >= 15 is 0 Å². The van der Waals surface area contributed by atoms with Crippen molar-refractivity contribution in [2.75, 3.05) is 11.4 Å². The minimum Gasteiger partial charge on any atom is -0.326 e. The fraction of sp³-hybridized carbons (Fsp3) is 0.462. The van der Waals surface area contributed by atoms with E-state index in [0.717, 1.165) is 37.1 Å². The number of hydrogen-bond donors (Lipinski definition) is 1. The van der Waals surface area contributed by atoms with Gasteiger partial charge in [0.1, 0.15) is 0 Å². The molecular weight excluding hydrogens is 200 g/mol. The second kappa shape index (κ2) is 5.12. The maximum absolute atomic E-state index is 11.9. The molecule has 1 aliphatic rings. The van der Waals surface area contributed by atoms with Gasteiger partial charge < -0.3 is 10.6 Å². The van der Waals surface area contributed by atoms with Crippen molar-refractivity contribution in [1.29, 1.82) is 0 Å². The van der Waals surface area contributed by atoms with Crippen LogP contribution in [0, 0.1) is 0 Å². The fourth-order valence-electron chi connectivity index (χ4n) is 2.11. The van der Waals surface area contributed by atoms with Gasteiger partial charge in [-0.25, -0.2) is 0 Å². The normalized spacial score (nSPS) is 17.3.